The van der Waals surface area contributed by atoms with E-state index in [2.05, 4.69) is 4.98 Å². The highest BCUT2D eigenvalue weighted by Crippen LogP contribution is 2.17. The Morgan fingerprint density at radius 2 is 2.20 bits per heavy atom. The highest BCUT2D eigenvalue weighted by molar-refractivity contribution is 6.33. The monoisotopic (exact) mass is 175 g/mol. The van der Waals surface area contributed by atoms with E-state index in [4.69, 9.17) is 28.5 Å². The SMILES string of the molecule is Cn1c(Cl)nc(Cl)c1C#N. The van der Waals surface area contributed by atoms with Crippen molar-refractivity contribution >= 4 is 23.2 Å². The molecule has 0 unspecified atom stereocenters. The minimum atomic E-state index is 0.148. The van der Waals surface area contributed by atoms with Crippen LogP contribution < -0.4 is 0 Å². The molecule has 0 bridgehead atoms. The summed E-state index contributed by atoms with van der Waals surface area (Å²) < 4.78 is 1.42. The average Bonchev–Trinajstić information content (AvgIpc) is 2.09. The second-order valence-electron chi connectivity index (χ2n) is 1.69. The largest absolute Gasteiger partial charge is 0.308 e. The van der Waals surface area contributed by atoms with Gasteiger partial charge in [-0.05, 0) is 11.6 Å². The molecule has 0 saturated carbocycles. The molecule has 0 atom stereocenters. The van der Waals surface area contributed by atoms with Crippen molar-refractivity contribution in [2.45, 2.75) is 0 Å². The Balaban J connectivity index is 3.37. The first-order valence-corrected chi connectivity index (χ1v) is 3.20. The number of rotatable bonds is 0. The summed E-state index contributed by atoms with van der Waals surface area (Å²) in [6.45, 7) is 0. The summed E-state index contributed by atoms with van der Waals surface area (Å²) >= 11 is 11.0. The number of hydrogen-bond donors (Lipinski definition) is 0. The van der Waals surface area contributed by atoms with Gasteiger partial charge in [0.05, 0.1) is 0 Å². The van der Waals surface area contributed by atoms with Gasteiger partial charge in [0.25, 0.3) is 0 Å². The minimum Gasteiger partial charge on any atom is -0.308 e. The Morgan fingerprint density at radius 3 is 2.40 bits per heavy atom. The van der Waals surface area contributed by atoms with Crippen molar-refractivity contribution in [2.24, 2.45) is 7.05 Å². The van der Waals surface area contributed by atoms with E-state index < -0.39 is 0 Å². The van der Waals surface area contributed by atoms with E-state index in [0.29, 0.717) is 0 Å². The van der Waals surface area contributed by atoms with E-state index in [0.717, 1.165) is 0 Å². The lowest BCUT2D eigenvalue weighted by Crippen LogP contribution is -1.90. The number of aromatic nitrogens is 2. The molecular formula is C5H3Cl2N3. The molecule has 3 nitrogen and oxygen atoms in total. The van der Waals surface area contributed by atoms with Crippen molar-refractivity contribution in [3.8, 4) is 6.07 Å². The molecule has 1 aromatic rings. The lowest BCUT2D eigenvalue weighted by molar-refractivity contribution is 0.897. The summed E-state index contributed by atoms with van der Waals surface area (Å²) in [5.41, 5.74) is 0.284. The fourth-order valence-electron chi connectivity index (χ4n) is 0.561. The van der Waals surface area contributed by atoms with Crippen LogP contribution in [0.5, 0.6) is 0 Å². The maximum Gasteiger partial charge on any atom is 0.204 e. The highest BCUT2D eigenvalue weighted by atomic mass is 35.5. The molecule has 0 amide bonds. The maximum absolute atomic E-state index is 8.46. The van der Waals surface area contributed by atoms with Crippen molar-refractivity contribution in [1.29, 1.82) is 5.26 Å². The summed E-state index contributed by atoms with van der Waals surface area (Å²) in [7, 11) is 1.62. The Kier molecular flexibility index (Phi) is 1.84. The fraction of sp³-hybridized carbons (Fsp3) is 0.200. The number of nitrogens with zero attached hydrogens (tertiary/aromatic N) is 3. The number of halogens is 2. The minimum absolute atomic E-state index is 0.148. The molecule has 1 heterocycles. The van der Waals surface area contributed by atoms with Gasteiger partial charge >= 0.3 is 0 Å². The van der Waals surface area contributed by atoms with Crippen LogP contribution in [-0.2, 0) is 7.05 Å². The third-order valence-electron chi connectivity index (χ3n) is 1.10. The summed E-state index contributed by atoms with van der Waals surface area (Å²) in [5, 5.41) is 8.83. The third-order valence-corrected chi connectivity index (χ3v) is 1.71. The molecule has 0 aromatic carbocycles. The molecule has 0 N–H and O–H groups in total. The topological polar surface area (TPSA) is 41.6 Å². The second-order valence-corrected chi connectivity index (χ2v) is 2.39. The predicted octanol–water partition coefficient (Wildman–Crippen LogP) is 1.60. The van der Waals surface area contributed by atoms with Gasteiger partial charge in [-0.15, -0.1) is 0 Å². The normalized spacial score (nSPS) is 9.40. The highest BCUT2D eigenvalue weighted by Gasteiger charge is 2.09. The zero-order valence-corrected chi connectivity index (χ0v) is 6.61. The molecule has 1 aromatic heterocycles. The number of nitriles is 1. The van der Waals surface area contributed by atoms with E-state index in [-0.39, 0.29) is 16.1 Å². The summed E-state index contributed by atoms with van der Waals surface area (Å²) in [6.07, 6.45) is 0. The van der Waals surface area contributed by atoms with Crippen molar-refractivity contribution in [2.75, 3.05) is 0 Å². The second kappa shape index (κ2) is 2.49. The van der Waals surface area contributed by atoms with Gasteiger partial charge in [0.2, 0.25) is 5.28 Å². The van der Waals surface area contributed by atoms with Crippen LogP contribution in [0.3, 0.4) is 0 Å². The van der Waals surface area contributed by atoms with E-state index in [1.54, 1.807) is 7.05 Å². The zero-order chi connectivity index (χ0) is 7.72. The first-order chi connectivity index (χ1) is 4.66. The molecule has 0 saturated heterocycles. The van der Waals surface area contributed by atoms with Crippen LogP contribution in [0.25, 0.3) is 0 Å². The van der Waals surface area contributed by atoms with Crippen LogP contribution in [0.4, 0.5) is 0 Å². The zero-order valence-electron chi connectivity index (χ0n) is 5.10. The van der Waals surface area contributed by atoms with Gasteiger partial charge in [-0.2, -0.15) is 5.26 Å². The number of hydrogen-bond acceptors (Lipinski definition) is 2. The molecule has 0 aliphatic rings. The lowest BCUT2D eigenvalue weighted by Gasteiger charge is -1.89. The molecule has 1 rings (SSSR count). The Labute approximate surface area is 67.8 Å². The summed E-state index contributed by atoms with van der Waals surface area (Å²) in [6, 6.07) is 1.87. The average molecular weight is 176 g/mol. The van der Waals surface area contributed by atoms with Gasteiger partial charge in [-0.3, -0.25) is 0 Å². The molecule has 5 heteroatoms. The van der Waals surface area contributed by atoms with E-state index in [9.17, 15) is 0 Å². The van der Waals surface area contributed by atoms with E-state index in [1.165, 1.54) is 4.57 Å². The van der Waals surface area contributed by atoms with E-state index in [1.807, 2.05) is 6.07 Å². The van der Waals surface area contributed by atoms with Crippen LogP contribution in [0.15, 0.2) is 0 Å². The van der Waals surface area contributed by atoms with Gasteiger partial charge in [-0.25, -0.2) is 4.98 Å². The molecule has 0 radical (unpaired) electrons. The van der Waals surface area contributed by atoms with Gasteiger partial charge in [-0.1, -0.05) is 11.6 Å². The van der Waals surface area contributed by atoms with Crippen molar-refractivity contribution in [1.82, 2.24) is 9.55 Å². The van der Waals surface area contributed by atoms with Crippen LogP contribution in [0.1, 0.15) is 5.69 Å². The van der Waals surface area contributed by atoms with Crippen molar-refractivity contribution in [3.05, 3.63) is 16.1 Å². The Bertz CT molecular complexity index is 297. The quantitative estimate of drug-likeness (QED) is 0.602. The van der Waals surface area contributed by atoms with Crippen LogP contribution >= 0.6 is 23.2 Å². The number of imidazole rings is 1. The molecule has 0 aliphatic carbocycles. The fourth-order valence-corrected chi connectivity index (χ4v) is 1.02. The first kappa shape index (κ1) is 7.39. The molecule has 52 valence electrons. The predicted molar refractivity (Wildman–Crippen MR) is 37.9 cm³/mol. The molecule has 0 spiro atoms. The van der Waals surface area contributed by atoms with Gasteiger partial charge in [0.15, 0.2) is 10.8 Å². The van der Waals surface area contributed by atoms with Gasteiger partial charge < -0.3 is 4.57 Å². The standard InChI is InChI=1S/C5H3Cl2N3/c1-10-3(2-8)4(6)9-5(10)7/h1H3. The van der Waals surface area contributed by atoms with Gasteiger partial charge in [0.1, 0.15) is 6.07 Å². The summed E-state index contributed by atoms with van der Waals surface area (Å²) in [4.78, 5) is 3.65. The third kappa shape index (κ3) is 0.962. The van der Waals surface area contributed by atoms with Crippen LogP contribution in [0, 0.1) is 11.3 Å². The summed E-state index contributed by atoms with van der Waals surface area (Å²) in [5.74, 6) is 0. The Morgan fingerprint density at radius 1 is 1.60 bits per heavy atom. The van der Waals surface area contributed by atoms with Crippen LogP contribution in [-0.4, -0.2) is 9.55 Å². The van der Waals surface area contributed by atoms with Gasteiger partial charge in [0, 0.05) is 7.05 Å². The Hall–Kier alpha value is -0.720. The first-order valence-electron chi connectivity index (χ1n) is 2.44. The van der Waals surface area contributed by atoms with E-state index >= 15 is 0 Å². The molecular weight excluding hydrogens is 173 g/mol. The molecule has 10 heavy (non-hydrogen) atoms. The molecule has 0 aliphatic heterocycles. The van der Waals surface area contributed by atoms with Crippen molar-refractivity contribution in [3.63, 3.8) is 0 Å². The smallest absolute Gasteiger partial charge is 0.204 e. The molecule has 0 fully saturated rings. The van der Waals surface area contributed by atoms with Crippen LogP contribution in [0.2, 0.25) is 10.4 Å². The lowest BCUT2D eigenvalue weighted by atomic mass is 10.5. The van der Waals surface area contributed by atoms with Crippen molar-refractivity contribution < 1.29 is 0 Å². The maximum atomic E-state index is 8.46.